The maximum absolute atomic E-state index is 11.1. The molecule has 0 amide bonds. The predicted octanol–water partition coefficient (Wildman–Crippen LogP) is 2.06. The Morgan fingerprint density at radius 2 is 2.05 bits per heavy atom. The first kappa shape index (κ1) is 15.0. The number of esters is 1. The number of aryl methyl sites for hydroxylation is 1. The second-order valence-electron chi connectivity index (χ2n) is 4.17. The van der Waals surface area contributed by atoms with Crippen molar-refractivity contribution in [2.24, 2.45) is 10.7 Å². The minimum Gasteiger partial charge on any atom is -0.466 e. The second-order valence-corrected chi connectivity index (χ2v) is 4.17. The molecule has 0 saturated carbocycles. The van der Waals surface area contributed by atoms with Gasteiger partial charge in [0.05, 0.1) is 6.61 Å². The number of benzene rings is 1. The van der Waals surface area contributed by atoms with E-state index in [4.69, 9.17) is 10.5 Å². The summed E-state index contributed by atoms with van der Waals surface area (Å²) in [5.74, 6) is 0.162. The molecule has 0 fully saturated rings. The van der Waals surface area contributed by atoms with E-state index in [0.29, 0.717) is 32.0 Å². The Labute approximate surface area is 113 Å². The summed E-state index contributed by atoms with van der Waals surface area (Å²) in [7, 11) is 0. The molecule has 1 aromatic rings. The first-order chi connectivity index (χ1) is 9.11. The van der Waals surface area contributed by atoms with Crippen LogP contribution >= 0.6 is 0 Å². The van der Waals surface area contributed by atoms with Gasteiger partial charge >= 0.3 is 5.97 Å². The molecule has 0 heterocycles. The molecule has 1 rings (SSSR count). The van der Waals surface area contributed by atoms with Gasteiger partial charge in [0.25, 0.3) is 0 Å². The third-order valence-corrected chi connectivity index (χ3v) is 2.45. The maximum Gasteiger partial charge on any atom is 0.305 e. The summed E-state index contributed by atoms with van der Waals surface area (Å²) in [5.41, 5.74) is 7.83. The van der Waals surface area contributed by atoms with E-state index in [1.54, 1.807) is 6.92 Å². The Kier molecular flexibility index (Phi) is 6.43. The second kappa shape index (κ2) is 8.13. The standard InChI is InChI=1S/C14H21N3O2/c1-3-19-13(18)5-4-10-16-14(15)17-12-8-6-11(2)7-9-12/h6-9H,3-5,10H2,1-2H3,(H3,15,16,17). The predicted molar refractivity (Wildman–Crippen MR) is 77.2 cm³/mol. The Balaban J connectivity index is 2.29. The lowest BCUT2D eigenvalue weighted by molar-refractivity contribution is -0.143. The zero-order valence-corrected chi connectivity index (χ0v) is 11.5. The zero-order valence-electron chi connectivity index (χ0n) is 11.5. The minimum atomic E-state index is -0.192. The summed E-state index contributed by atoms with van der Waals surface area (Å²) in [5, 5.41) is 2.99. The lowest BCUT2D eigenvalue weighted by Gasteiger charge is -2.05. The van der Waals surface area contributed by atoms with Crippen LogP contribution in [0, 0.1) is 6.92 Å². The summed E-state index contributed by atoms with van der Waals surface area (Å²) >= 11 is 0. The van der Waals surface area contributed by atoms with Crippen molar-refractivity contribution in [3.05, 3.63) is 29.8 Å². The van der Waals surface area contributed by atoms with Crippen molar-refractivity contribution < 1.29 is 9.53 Å². The molecule has 0 aliphatic carbocycles. The van der Waals surface area contributed by atoms with Crippen molar-refractivity contribution >= 4 is 17.6 Å². The SMILES string of the molecule is CCOC(=O)CCCN=C(N)Nc1ccc(C)cc1. The number of anilines is 1. The van der Waals surface area contributed by atoms with E-state index in [2.05, 4.69) is 10.3 Å². The number of ether oxygens (including phenoxy) is 1. The molecule has 5 heteroatoms. The van der Waals surface area contributed by atoms with Crippen molar-refractivity contribution in [2.75, 3.05) is 18.5 Å². The van der Waals surface area contributed by atoms with Gasteiger partial charge in [-0.3, -0.25) is 9.79 Å². The fourth-order valence-electron chi connectivity index (χ4n) is 1.48. The van der Waals surface area contributed by atoms with E-state index in [1.807, 2.05) is 31.2 Å². The molecule has 1 aromatic carbocycles. The van der Waals surface area contributed by atoms with E-state index >= 15 is 0 Å². The Bertz CT molecular complexity index is 427. The van der Waals surface area contributed by atoms with Gasteiger partial charge < -0.3 is 15.8 Å². The third kappa shape index (κ3) is 6.45. The lowest BCUT2D eigenvalue weighted by Crippen LogP contribution is -2.22. The number of aliphatic imine (C=N–C) groups is 1. The van der Waals surface area contributed by atoms with Gasteiger partial charge in [-0.05, 0) is 32.4 Å². The van der Waals surface area contributed by atoms with Crippen LogP contribution in [0.3, 0.4) is 0 Å². The van der Waals surface area contributed by atoms with E-state index in [9.17, 15) is 4.79 Å². The minimum absolute atomic E-state index is 0.192. The number of carbonyl (C=O) groups excluding carboxylic acids is 1. The number of hydrogen-bond acceptors (Lipinski definition) is 3. The van der Waals surface area contributed by atoms with Crippen molar-refractivity contribution in [1.29, 1.82) is 0 Å². The van der Waals surface area contributed by atoms with Gasteiger partial charge in [0, 0.05) is 18.7 Å². The van der Waals surface area contributed by atoms with Crippen molar-refractivity contribution in [3.8, 4) is 0 Å². The summed E-state index contributed by atoms with van der Waals surface area (Å²) in [4.78, 5) is 15.2. The molecule has 0 aliphatic heterocycles. The highest BCUT2D eigenvalue weighted by molar-refractivity contribution is 5.92. The highest BCUT2D eigenvalue weighted by Crippen LogP contribution is 2.07. The van der Waals surface area contributed by atoms with Crippen LogP contribution in [0.4, 0.5) is 5.69 Å². The van der Waals surface area contributed by atoms with Crippen LogP contribution in [0.15, 0.2) is 29.3 Å². The van der Waals surface area contributed by atoms with Crippen LogP contribution in [0.5, 0.6) is 0 Å². The number of nitrogens with zero attached hydrogens (tertiary/aromatic N) is 1. The van der Waals surface area contributed by atoms with Crippen LogP contribution < -0.4 is 11.1 Å². The first-order valence-corrected chi connectivity index (χ1v) is 6.41. The van der Waals surface area contributed by atoms with Crippen molar-refractivity contribution in [1.82, 2.24) is 0 Å². The number of rotatable bonds is 6. The third-order valence-electron chi connectivity index (χ3n) is 2.45. The molecule has 0 aromatic heterocycles. The molecule has 0 spiro atoms. The van der Waals surface area contributed by atoms with Gasteiger partial charge in [0.15, 0.2) is 5.96 Å². The number of hydrogen-bond donors (Lipinski definition) is 2. The van der Waals surface area contributed by atoms with E-state index in [0.717, 1.165) is 5.69 Å². The van der Waals surface area contributed by atoms with E-state index in [1.165, 1.54) is 5.56 Å². The van der Waals surface area contributed by atoms with Crippen LogP contribution in [0.1, 0.15) is 25.3 Å². The number of guanidine groups is 1. The van der Waals surface area contributed by atoms with Crippen molar-refractivity contribution in [3.63, 3.8) is 0 Å². The molecular formula is C14H21N3O2. The van der Waals surface area contributed by atoms with Crippen LogP contribution in [-0.4, -0.2) is 25.1 Å². The molecule has 3 N–H and O–H groups in total. The fraction of sp³-hybridized carbons (Fsp3) is 0.429. The maximum atomic E-state index is 11.1. The van der Waals surface area contributed by atoms with Gasteiger partial charge in [-0.2, -0.15) is 0 Å². The molecule has 0 bridgehead atoms. The Morgan fingerprint density at radius 3 is 2.68 bits per heavy atom. The molecule has 19 heavy (non-hydrogen) atoms. The summed E-state index contributed by atoms with van der Waals surface area (Å²) in [6.45, 7) is 4.73. The molecule has 0 aliphatic rings. The van der Waals surface area contributed by atoms with Crippen molar-refractivity contribution in [2.45, 2.75) is 26.7 Å². The quantitative estimate of drug-likeness (QED) is 0.356. The highest BCUT2D eigenvalue weighted by Gasteiger charge is 2.00. The average molecular weight is 263 g/mol. The molecule has 0 atom stereocenters. The van der Waals surface area contributed by atoms with Gasteiger partial charge in [-0.15, -0.1) is 0 Å². The highest BCUT2D eigenvalue weighted by atomic mass is 16.5. The topological polar surface area (TPSA) is 76.7 Å². The average Bonchev–Trinajstić information content (AvgIpc) is 2.38. The van der Waals surface area contributed by atoms with Crippen LogP contribution in [0.25, 0.3) is 0 Å². The van der Waals surface area contributed by atoms with Crippen LogP contribution in [0.2, 0.25) is 0 Å². The number of carbonyl (C=O) groups is 1. The molecule has 0 unspecified atom stereocenters. The Morgan fingerprint density at radius 1 is 1.37 bits per heavy atom. The fourth-order valence-corrected chi connectivity index (χ4v) is 1.48. The van der Waals surface area contributed by atoms with Gasteiger partial charge in [0.1, 0.15) is 0 Å². The van der Waals surface area contributed by atoms with E-state index in [-0.39, 0.29) is 5.97 Å². The van der Waals surface area contributed by atoms with Gasteiger partial charge in [0.2, 0.25) is 0 Å². The van der Waals surface area contributed by atoms with Crippen LogP contribution in [-0.2, 0) is 9.53 Å². The first-order valence-electron chi connectivity index (χ1n) is 6.41. The van der Waals surface area contributed by atoms with E-state index < -0.39 is 0 Å². The monoisotopic (exact) mass is 263 g/mol. The number of nitrogens with two attached hydrogens (primary N) is 1. The largest absolute Gasteiger partial charge is 0.466 e. The smallest absolute Gasteiger partial charge is 0.305 e. The summed E-state index contributed by atoms with van der Waals surface area (Å²) in [6.07, 6.45) is 1.00. The molecule has 0 saturated heterocycles. The van der Waals surface area contributed by atoms with Gasteiger partial charge in [-0.1, -0.05) is 17.7 Å². The normalized spacial score (nSPS) is 11.2. The summed E-state index contributed by atoms with van der Waals surface area (Å²) < 4.78 is 4.82. The summed E-state index contributed by atoms with van der Waals surface area (Å²) in [6, 6.07) is 7.87. The van der Waals surface area contributed by atoms with Gasteiger partial charge in [-0.25, -0.2) is 0 Å². The molecule has 0 radical (unpaired) electrons. The molecular weight excluding hydrogens is 242 g/mol. The lowest BCUT2D eigenvalue weighted by atomic mass is 10.2. The Hall–Kier alpha value is -2.04. The molecule has 104 valence electrons. The molecule has 5 nitrogen and oxygen atoms in total. The number of nitrogens with one attached hydrogen (secondary N) is 1. The zero-order chi connectivity index (χ0) is 14.1.